The molecule has 1 aromatic heterocycles. The predicted molar refractivity (Wildman–Crippen MR) is 80.7 cm³/mol. The van der Waals surface area contributed by atoms with E-state index < -0.39 is 0 Å². The quantitative estimate of drug-likeness (QED) is 0.905. The van der Waals surface area contributed by atoms with E-state index in [1.165, 1.54) is 5.56 Å². The Morgan fingerprint density at radius 1 is 1.41 bits per heavy atom. The van der Waals surface area contributed by atoms with E-state index in [0.717, 1.165) is 37.9 Å². The molecule has 0 radical (unpaired) electrons. The maximum Gasteiger partial charge on any atom is 0.253 e. The molecule has 0 atom stereocenters. The molecular formula is C16H18N4O2. The minimum Gasteiger partial charge on any atom is -0.384 e. The third kappa shape index (κ3) is 2.56. The number of rotatable bonds is 4. The molecule has 1 fully saturated rings. The number of aromatic nitrogens is 2. The van der Waals surface area contributed by atoms with Gasteiger partial charge in [-0.3, -0.25) is 4.79 Å². The van der Waals surface area contributed by atoms with Crippen LogP contribution in [0.2, 0.25) is 0 Å². The Morgan fingerprint density at radius 3 is 3.18 bits per heavy atom. The van der Waals surface area contributed by atoms with Crippen molar-refractivity contribution in [1.82, 2.24) is 15.5 Å². The fraction of sp³-hybridized carbons (Fsp3) is 0.438. The lowest BCUT2D eigenvalue weighted by atomic mass is 9.99. The smallest absolute Gasteiger partial charge is 0.253 e. The molecule has 6 nitrogen and oxygen atoms in total. The Balaban J connectivity index is 1.45. The van der Waals surface area contributed by atoms with Crippen molar-refractivity contribution >= 4 is 11.6 Å². The summed E-state index contributed by atoms with van der Waals surface area (Å²) in [5.41, 5.74) is 2.84. The highest BCUT2D eigenvalue weighted by Gasteiger charge is 2.29. The van der Waals surface area contributed by atoms with Crippen molar-refractivity contribution in [2.24, 2.45) is 0 Å². The third-order valence-electron chi connectivity index (χ3n) is 4.14. The first-order valence-electron chi connectivity index (χ1n) is 7.78. The monoisotopic (exact) mass is 298 g/mol. The molecule has 0 unspecified atom stereocenters. The van der Waals surface area contributed by atoms with Crippen LogP contribution in [0.4, 0.5) is 5.69 Å². The predicted octanol–water partition coefficient (Wildman–Crippen LogP) is 2.24. The highest BCUT2D eigenvalue weighted by Crippen LogP contribution is 2.38. The molecule has 1 aliphatic heterocycles. The number of para-hydroxylation sites is 1. The number of nitrogens with zero attached hydrogens (tertiary/aromatic N) is 2. The van der Waals surface area contributed by atoms with Gasteiger partial charge in [0.05, 0.1) is 17.8 Å². The molecule has 2 N–H and O–H groups in total. The summed E-state index contributed by atoms with van der Waals surface area (Å²) in [6.45, 7) is 1.20. The standard InChI is InChI=1S/C16H18N4O2/c21-15(12-5-1-3-10-4-2-8-17-14(10)12)18-9-13-19-16(22-20-13)11-6-7-11/h1,3,5,11,17H,2,4,6-9H2,(H,18,21). The van der Waals surface area contributed by atoms with E-state index in [4.69, 9.17) is 4.52 Å². The number of carbonyl (C=O) groups is 1. The van der Waals surface area contributed by atoms with Crippen molar-refractivity contribution in [2.45, 2.75) is 38.1 Å². The molecule has 2 aromatic rings. The third-order valence-corrected chi connectivity index (χ3v) is 4.14. The van der Waals surface area contributed by atoms with Gasteiger partial charge in [-0.15, -0.1) is 0 Å². The summed E-state index contributed by atoms with van der Waals surface area (Å²) in [6.07, 6.45) is 4.36. The van der Waals surface area contributed by atoms with E-state index in [-0.39, 0.29) is 5.91 Å². The maximum absolute atomic E-state index is 12.4. The summed E-state index contributed by atoms with van der Waals surface area (Å²) in [6, 6.07) is 5.85. The molecule has 1 saturated carbocycles. The highest BCUT2D eigenvalue weighted by atomic mass is 16.5. The van der Waals surface area contributed by atoms with Gasteiger partial charge in [0.1, 0.15) is 0 Å². The summed E-state index contributed by atoms with van der Waals surface area (Å²) in [5, 5.41) is 10.1. The molecule has 1 amide bonds. The molecule has 2 aliphatic rings. The van der Waals surface area contributed by atoms with Gasteiger partial charge in [0.2, 0.25) is 5.89 Å². The lowest BCUT2D eigenvalue weighted by Gasteiger charge is -2.20. The van der Waals surface area contributed by atoms with Crippen LogP contribution in [-0.2, 0) is 13.0 Å². The van der Waals surface area contributed by atoms with Crippen LogP contribution in [0.25, 0.3) is 0 Å². The van der Waals surface area contributed by atoms with Crippen molar-refractivity contribution in [3.05, 3.63) is 41.0 Å². The SMILES string of the molecule is O=C(NCc1noc(C2CC2)n1)c1cccc2c1NCCC2. The van der Waals surface area contributed by atoms with Crippen molar-refractivity contribution in [1.29, 1.82) is 0 Å². The van der Waals surface area contributed by atoms with Gasteiger partial charge in [0, 0.05) is 12.5 Å². The van der Waals surface area contributed by atoms with Crippen molar-refractivity contribution in [3.8, 4) is 0 Å². The number of amides is 1. The minimum absolute atomic E-state index is 0.107. The first-order valence-corrected chi connectivity index (χ1v) is 7.78. The van der Waals surface area contributed by atoms with Crippen molar-refractivity contribution < 1.29 is 9.32 Å². The Hall–Kier alpha value is -2.37. The lowest BCUT2D eigenvalue weighted by Crippen LogP contribution is -2.26. The van der Waals surface area contributed by atoms with Crippen LogP contribution in [-0.4, -0.2) is 22.6 Å². The molecule has 0 spiro atoms. The molecular weight excluding hydrogens is 280 g/mol. The second-order valence-corrected chi connectivity index (χ2v) is 5.88. The van der Waals surface area contributed by atoms with Gasteiger partial charge >= 0.3 is 0 Å². The normalized spacial score (nSPS) is 16.7. The number of hydrogen-bond acceptors (Lipinski definition) is 5. The summed E-state index contributed by atoms with van der Waals surface area (Å²) < 4.78 is 5.19. The number of fused-ring (bicyclic) bond motifs is 1. The highest BCUT2D eigenvalue weighted by molar-refractivity contribution is 6.00. The fourth-order valence-corrected chi connectivity index (χ4v) is 2.79. The fourth-order valence-electron chi connectivity index (χ4n) is 2.79. The zero-order valence-electron chi connectivity index (χ0n) is 12.3. The van der Waals surface area contributed by atoms with Gasteiger partial charge in [0.25, 0.3) is 5.91 Å². The molecule has 4 rings (SSSR count). The number of hydrogen-bond donors (Lipinski definition) is 2. The Kier molecular flexibility index (Phi) is 3.29. The zero-order chi connectivity index (χ0) is 14.9. The van der Waals surface area contributed by atoms with Crippen LogP contribution in [0, 0.1) is 0 Å². The Morgan fingerprint density at radius 2 is 2.32 bits per heavy atom. The molecule has 0 saturated heterocycles. The van der Waals surface area contributed by atoms with Crippen molar-refractivity contribution in [2.75, 3.05) is 11.9 Å². The topological polar surface area (TPSA) is 80.1 Å². The number of benzene rings is 1. The van der Waals surface area contributed by atoms with E-state index in [2.05, 4.69) is 26.8 Å². The van der Waals surface area contributed by atoms with Crippen LogP contribution in [0.5, 0.6) is 0 Å². The Labute approximate surface area is 128 Å². The van der Waals surface area contributed by atoms with Gasteiger partial charge in [-0.05, 0) is 37.3 Å². The minimum atomic E-state index is -0.107. The van der Waals surface area contributed by atoms with Crippen LogP contribution in [0.3, 0.4) is 0 Å². The largest absolute Gasteiger partial charge is 0.384 e. The molecule has 1 aromatic carbocycles. The van der Waals surface area contributed by atoms with Crippen molar-refractivity contribution in [3.63, 3.8) is 0 Å². The van der Waals surface area contributed by atoms with E-state index in [1.807, 2.05) is 12.1 Å². The van der Waals surface area contributed by atoms with Crippen LogP contribution < -0.4 is 10.6 Å². The summed E-state index contributed by atoms with van der Waals surface area (Å²) in [4.78, 5) is 16.7. The molecule has 0 bridgehead atoms. The van der Waals surface area contributed by atoms with Crippen LogP contribution in [0.1, 0.15) is 52.8 Å². The summed E-state index contributed by atoms with van der Waals surface area (Å²) in [5.74, 6) is 1.56. The maximum atomic E-state index is 12.4. The van der Waals surface area contributed by atoms with Gasteiger partial charge in [-0.25, -0.2) is 0 Å². The molecule has 22 heavy (non-hydrogen) atoms. The molecule has 6 heteroatoms. The zero-order valence-corrected chi connectivity index (χ0v) is 12.3. The van der Waals surface area contributed by atoms with Gasteiger partial charge < -0.3 is 15.2 Å². The van der Waals surface area contributed by atoms with E-state index in [9.17, 15) is 4.79 Å². The first kappa shape index (κ1) is 13.3. The van der Waals surface area contributed by atoms with E-state index in [1.54, 1.807) is 0 Å². The lowest BCUT2D eigenvalue weighted by molar-refractivity contribution is 0.0950. The summed E-state index contributed by atoms with van der Waals surface area (Å²) >= 11 is 0. The number of nitrogens with one attached hydrogen (secondary N) is 2. The van der Waals surface area contributed by atoms with Gasteiger partial charge in [0.15, 0.2) is 5.82 Å². The Bertz CT molecular complexity index is 706. The number of anilines is 1. The average molecular weight is 298 g/mol. The van der Waals surface area contributed by atoms with Crippen LogP contribution >= 0.6 is 0 Å². The number of carbonyl (C=O) groups excluding carboxylic acids is 1. The van der Waals surface area contributed by atoms with Gasteiger partial charge in [-0.1, -0.05) is 17.3 Å². The molecule has 114 valence electrons. The second kappa shape index (κ2) is 5.44. The summed E-state index contributed by atoms with van der Waals surface area (Å²) in [7, 11) is 0. The average Bonchev–Trinajstić information content (AvgIpc) is 3.31. The van der Waals surface area contributed by atoms with E-state index in [0.29, 0.717) is 29.7 Å². The van der Waals surface area contributed by atoms with E-state index >= 15 is 0 Å². The molecule has 2 heterocycles. The number of aryl methyl sites for hydroxylation is 1. The van der Waals surface area contributed by atoms with Crippen LogP contribution in [0.15, 0.2) is 22.7 Å². The first-order chi connectivity index (χ1) is 10.8. The molecule has 1 aliphatic carbocycles. The second-order valence-electron chi connectivity index (χ2n) is 5.88. The van der Waals surface area contributed by atoms with Gasteiger partial charge in [-0.2, -0.15) is 4.98 Å².